The number of carbonyl (C=O) groups excluding carboxylic acids is 1. The molecule has 6 rings (SSSR count). The van der Waals surface area contributed by atoms with Crippen molar-refractivity contribution >= 4 is 50.8 Å². The van der Waals surface area contributed by atoms with E-state index in [1.54, 1.807) is 6.08 Å². The summed E-state index contributed by atoms with van der Waals surface area (Å²) < 4.78 is 7.60. The lowest BCUT2D eigenvalue weighted by Crippen LogP contribution is -2.39. The number of fused-ring (bicyclic) bond motifs is 2. The Morgan fingerprint density at radius 1 is 1.09 bits per heavy atom. The zero-order chi connectivity index (χ0) is 23.9. The highest BCUT2D eigenvalue weighted by atomic mass is 32.2. The summed E-state index contributed by atoms with van der Waals surface area (Å²) in [6, 6.07) is 16.6. The molecule has 0 spiro atoms. The quantitative estimate of drug-likeness (QED) is 0.570. The molecular formula is C26H24N6O2S. The van der Waals surface area contributed by atoms with Gasteiger partial charge in [-0.15, -0.1) is 5.10 Å². The first-order valence-corrected chi connectivity index (χ1v) is 12.3. The van der Waals surface area contributed by atoms with E-state index in [0.717, 1.165) is 34.7 Å². The molecule has 2 aromatic carbocycles. The van der Waals surface area contributed by atoms with E-state index in [9.17, 15) is 4.79 Å². The Bertz CT molecular complexity index is 1430. The maximum Gasteiger partial charge on any atom is 0.283 e. The van der Waals surface area contributed by atoms with Gasteiger partial charge >= 0.3 is 0 Å². The van der Waals surface area contributed by atoms with Crippen molar-refractivity contribution in [3.63, 3.8) is 0 Å². The van der Waals surface area contributed by atoms with E-state index in [2.05, 4.69) is 56.8 Å². The van der Waals surface area contributed by atoms with Gasteiger partial charge in [-0.05, 0) is 36.4 Å². The molecule has 8 nitrogen and oxygen atoms in total. The molecule has 35 heavy (non-hydrogen) atoms. The fourth-order valence-corrected chi connectivity index (χ4v) is 5.38. The Hall–Kier alpha value is -3.69. The van der Waals surface area contributed by atoms with Gasteiger partial charge in [0.25, 0.3) is 5.91 Å². The fourth-order valence-electron chi connectivity index (χ4n) is 4.43. The van der Waals surface area contributed by atoms with Crippen LogP contribution >= 0.6 is 11.8 Å². The summed E-state index contributed by atoms with van der Waals surface area (Å²) in [5.41, 5.74) is 4.61. The predicted octanol–water partition coefficient (Wildman–Crippen LogP) is 3.91. The maximum absolute atomic E-state index is 13.0. The number of hydrogen-bond acceptors (Lipinski definition) is 6. The van der Waals surface area contributed by atoms with E-state index in [-0.39, 0.29) is 11.4 Å². The van der Waals surface area contributed by atoms with Crippen LogP contribution < -0.4 is 0 Å². The number of hydrogen-bond donors (Lipinski definition) is 1. The van der Waals surface area contributed by atoms with E-state index in [4.69, 9.17) is 10.1 Å². The van der Waals surface area contributed by atoms with Crippen molar-refractivity contribution in [1.29, 1.82) is 5.41 Å². The van der Waals surface area contributed by atoms with Crippen LogP contribution in [0.4, 0.5) is 0 Å². The third-order valence-electron chi connectivity index (χ3n) is 6.32. The number of ether oxygens (including phenoxy) is 1. The minimum atomic E-state index is -0.414. The average Bonchev–Trinajstić information content (AvgIpc) is 3.46. The first-order valence-electron chi connectivity index (χ1n) is 11.5. The summed E-state index contributed by atoms with van der Waals surface area (Å²) in [4.78, 5) is 19.3. The molecular weight excluding hydrogens is 460 g/mol. The van der Waals surface area contributed by atoms with Gasteiger partial charge in [-0.2, -0.15) is 10.0 Å². The lowest BCUT2D eigenvalue weighted by Gasteiger charge is -2.26. The first-order chi connectivity index (χ1) is 17.1. The molecule has 3 aromatic rings. The number of nitrogens with one attached hydrogen (secondary N) is 1. The highest BCUT2D eigenvalue weighted by molar-refractivity contribution is 8.26. The van der Waals surface area contributed by atoms with Crippen LogP contribution in [0.25, 0.3) is 17.0 Å². The summed E-state index contributed by atoms with van der Waals surface area (Å²) in [5.74, 6) is -0.367. The van der Waals surface area contributed by atoms with Crippen LogP contribution in [-0.4, -0.2) is 62.9 Å². The zero-order valence-corrected chi connectivity index (χ0v) is 20.1. The summed E-state index contributed by atoms with van der Waals surface area (Å²) in [7, 11) is 0. The van der Waals surface area contributed by atoms with Crippen molar-refractivity contribution in [2.45, 2.75) is 13.5 Å². The van der Waals surface area contributed by atoms with Crippen molar-refractivity contribution in [2.75, 3.05) is 26.3 Å². The van der Waals surface area contributed by atoms with Gasteiger partial charge in [-0.25, -0.2) is 0 Å². The van der Waals surface area contributed by atoms with Crippen LogP contribution in [0.1, 0.15) is 16.7 Å². The van der Waals surface area contributed by atoms with Crippen molar-refractivity contribution in [2.24, 2.45) is 10.1 Å². The molecule has 1 saturated heterocycles. The maximum atomic E-state index is 13.0. The van der Waals surface area contributed by atoms with Gasteiger partial charge in [0, 0.05) is 42.3 Å². The number of rotatable bonds is 3. The average molecular weight is 485 g/mol. The Morgan fingerprint density at radius 2 is 1.86 bits per heavy atom. The van der Waals surface area contributed by atoms with Crippen molar-refractivity contribution < 1.29 is 9.53 Å². The molecule has 1 amide bonds. The number of benzene rings is 2. The summed E-state index contributed by atoms with van der Waals surface area (Å²) >= 11 is 1.33. The van der Waals surface area contributed by atoms with E-state index < -0.39 is 5.91 Å². The molecule has 0 aliphatic carbocycles. The second kappa shape index (κ2) is 8.83. The number of amides is 1. The van der Waals surface area contributed by atoms with Crippen LogP contribution in [0.15, 0.2) is 70.4 Å². The first kappa shape index (κ1) is 21.8. The Kier molecular flexibility index (Phi) is 5.50. The Labute approximate surface area is 207 Å². The number of nitrogens with zero attached hydrogens (tertiary/aromatic N) is 5. The van der Waals surface area contributed by atoms with Crippen LogP contribution in [0.3, 0.4) is 0 Å². The number of hydrazone groups is 1. The minimum absolute atomic E-state index is 0.0473. The van der Waals surface area contributed by atoms with Crippen LogP contribution in [-0.2, 0) is 16.1 Å². The number of morpholine rings is 1. The number of carbonyl (C=O) groups is 1. The van der Waals surface area contributed by atoms with Gasteiger partial charge in [-0.1, -0.05) is 48.0 Å². The predicted molar refractivity (Wildman–Crippen MR) is 140 cm³/mol. The zero-order valence-electron chi connectivity index (χ0n) is 19.3. The van der Waals surface area contributed by atoms with E-state index >= 15 is 0 Å². The van der Waals surface area contributed by atoms with Gasteiger partial charge in [0.05, 0.1) is 18.8 Å². The van der Waals surface area contributed by atoms with Gasteiger partial charge in [-0.3, -0.25) is 10.2 Å². The van der Waals surface area contributed by atoms with E-state index in [0.29, 0.717) is 24.9 Å². The van der Waals surface area contributed by atoms with Crippen molar-refractivity contribution in [3.8, 4) is 0 Å². The number of aromatic nitrogens is 1. The van der Waals surface area contributed by atoms with Crippen molar-refractivity contribution in [1.82, 2.24) is 14.5 Å². The number of aryl methyl sites for hydroxylation is 1. The number of para-hydroxylation sites is 1. The van der Waals surface area contributed by atoms with Gasteiger partial charge in [0.2, 0.25) is 5.17 Å². The summed E-state index contributed by atoms with van der Waals surface area (Å²) in [5, 5.41) is 17.0. The molecule has 0 saturated carbocycles. The van der Waals surface area contributed by atoms with Crippen LogP contribution in [0.5, 0.6) is 0 Å². The molecule has 1 aromatic heterocycles. The van der Waals surface area contributed by atoms with E-state index in [1.165, 1.54) is 27.9 Å². The molecule has 1 N–H and O–H groups in total. The Balaban J connectivity index is 1.34. The molecule has 176 valence electrons. The SMILES string of the molecule is Cc1ccc(Cn2cc(/C=C3\C(=N)N4N=C(N5CCOCC5)SC4=NC3=O)c3ccccc32)cc1. The topological polar surface area (TPSA) is 86.3 Å². The highest BCUT2D eigenvalue weighted by Crippen LogP contribution is 2.31. The molecule has 4 heterocycles. The molecule has 3 aliphatic heterocycles. The third kappa shape index (κ3) is 4.06. The van der Waals surface area contributed by atoms with Gasteiger partial charge in [0.1, 0.15) is 0 Å². The summed E-state index contributed by atoms with van der Waals surface area (Å²) in [6.45, 7) is 5.54. The lowest BCUT2D eigenvalue weighted by molar-refractivity contribution is -0.114. The highest BCUT2D eigenvalue weighted by Gasteiger charge is 2.37. The largest absolute Gasteiger partial charge is 0.378 e. The second-order valence-corrected chi connectivity index (χ2v) is 9.65. The minimum Gasteiger partial charge on any atom is -0.378 e. The molecule has 1 fully saturated rings. The van der Waals surface area contributed by atoms with Crippen LogP contribution in [0, 0.1) is 12.3 Å². The number of thioether (sulfide) groups is 1. The number of aliphatic imine (C=N–C) groups is 1. The molecule has 0 atom stereocenters. The molecule has 0 radical (unpaired) electrons. The molecule has 3 aliphatic rings. The van der Waals surface area contributed by atoms with Crippen LogP contribution in [0.2, 0.25) is 0 Å². The molecule has 0 bridgehead atoms. The molecule has 9 heteroatoms. The lowest BCUT2D eigenvalue weighted by atomic mass is 10.1. The second-order valence-electron chi connectivity index (χ2n) is 8.72. The Morgan fingerprint density at radius 3 is 2.66 bits per heavy atom. The normalized spacial score (nSPS) is 19.4. The van der Waals surface area contributed by atoms with Gasteiger partial charge < -0.3 is 14.2 Å². The summed E-state index contributed by atoms with van der Waals surface area (Å²) in [6.07, 6.45) is 3.81. The third-order valence-corrected chi connectivity index (χ3v) is 7.29. The standard InChI is InChI=1S/C26H24N6O2S/c1-17-6-8-18(9-7-17)15-31-16-19(20-4-2-3-5-22(20)31)14-21-23(27)32-25(28-24(21)33)35-26(29-32)30-10-12-34-13-11-30/h2-9,14,16,27H,10-13,15H2,1H3/b21-14+,27-23?. The van der Waals surface area contributed by atoms with E-state index in [1.807, 2.05) is 24.4 Å². The van der Waals surface area contributed by atoms with Gasteiger partial charge in [0.15, 0.2) is 11.0 Å². The fraction of sp³-hybridized carbons (Fsp3) is 0.231. The smallest absolute Gasteiger partial charge is 0.283 e. The molecule has 0 unspecified atom stereocenters. The number of amidine groups is 3. The van der Waals surface area contributed by atoms with Crippen molar-refractivity contribution in [3.05, 3.63) is 77.0 Å². The monoisotopic (exact) mass is 484 g/mol.